The monoisotopic (exact) mass is 371 g/mol. The van der Waals surface area contributed by atoms with Crippen molar-refractivity contribution in [3.8, 4) is 0 Å². The number of carbonyl (C=O) groups is 2. The maximum atomic E-state index is 12.6. The van der Waals surface area contributed by atoms with Crippen LogP contribution in [0.2, 0.25) is 10.0 Å². The van der Waals surface area contributed by atoms with Gasteiger partial charge in [0, 0.05) is 13.1 Å². The van der Waals surface area contributed by atoms with E-state index < -0.39 is 11.9 Å². The molecule has 0 bridgehead atoms. The zero-order valence-corrected chi connectivity index (χ0v) is 15.5. The second-order valence-corrected chi connectivity index (χ2v) is 6.93. The van der Waals surface area contributed by atoms with Crippen LogP contribution in [0.1, 0.15) is 30.1 Å². The Kier molecular flexibility index (Phi) is 6.90. The molecule has 1 heterocycles. The predicted molar refractivity (Wildman–Crippen MR) is 96.6 cm³/mol. The molecule has 2 amide bonds. The SMILES string of the molecule is CNCC1CCCN(C(=O)C(C)NC(=O)c2cccc(Cl)c2Cl)C1. The Hall–Kier alpha value is -1.30. The van der Waals surface area contributed by atoms with Crippen LogP contribution in [-0.2, 0) is 4.79 Å². The van der Waals surface area contributed by atoms with Gasteiger partial charge in [-0.2, -0.15) is 0 Å². The Bertz CT molecular complexity index is 607. The highest BCUT2D eigenvalue weighted by Crippen LogP contribution is 2.25. The number of halogens is 2. The van der Waals surface area contributed by atoms with Gasteiger partial charge in [-0.3, -0.25) is 9.59 Å². The van der Waals surface area contributed by atoms with E-state index in [-0.39, 0.29) is 16.5 Å². The van der Waals surface area contributed by atoms with Gasteiger partial charge in [-0.1, -0.05) is 29.3 Å². The summed E-state index contributed by atoms with van der Waals surface area (Å²) in [5.41, 5.74) is 0.274. The van der Waals surface area contributed by atoms with Gasteiger partial charge >= 0.3 is 0 Å². The van der Waals surface area contributed by atoms with Crippen molar-refractivity contribution in [1.82, 2.24) is 15.5 Å². The van der Waals surface area contributed by atoms with Gasteiger partial charge in [-0.15, -0.1) is 0 Å². The summed E-state index contributed by atoms with van der Waals surface area (Å²) >= 11 is 12.0. The number of rotatable bonds is 5. The average molecular weight is 372 g/mol. The average Bonchev–Trinajstić information content (AvgIpc) is 2.57. The van der Waals surface area contributed by atoms with Crippen molar-refractivity contribution < 1.29 is 9.59 Å². The molecule has 0 aromatic heterocycles. The van der Waals surface area contributed by atoms with Gasteiger partial charge < -0.3 is 15.5 Å². The van der Waals surface area contributed by atoms with E-state index in [2.05, 4.69) is 10.6 Å². The highest BCUT2D eigenvalue weighted by Gasteiger charge is 2.27. The molecule has 2 unspecified atom stereocenters. The molecule has 2 atom stereocenters. The van der Waals surface area contributed by atoms with Crippen molar-refractivity contribution in [2.24, 2.45) is 5.92 Å². The number of nitrogens with zero attached hydrogens (tertiary/aromatic N) is 1. The van der Waals surface area contributed by atoms with Gasteiger partial charge in [-0.05, 0) is 51.4 Å². The Labute approximate surface area is 152 Å². The van der Waals surface area contributed by atoms with Gasteiger partial charge in [0.1, 0.15) is 6.04 Å². The topological polar surface area (TPSA) is 61.4 Å². The lowest BCUT2D eigenvalue weighted by Gasteiger charge is -2.34. The van der Waals surface area contributed by atoms with E-state index in [1.165, 1.54) is 0 Å². The second-order valence-electron chi connectivity index (χ2n) is 6.15. The minimum Gasteiger partial charge on any atom is -0.341 e. The Morgan fingerprint density at radius 1 is 1.38 bits per heavy atom. The van der Waals surface area contributed by atoms with Crippen LogP contribution in [0.4, 0.5) is 0 Å². The molecule has 2 N–H and O–H groups in total. The Balaban J connectivity index is 1.98. The fourth-order valence-electron chi connectivity index (χ4n) is 3.01. The van der Waals surface area contributed by atoms with Gasteiger partial charge in [0.15, 0.2) is 0 Å². The molecule has 1 saturated heterocycles. The quantitative estimate of drug-likeness (QED) is 0.835. The van der Waals surface area contributed by atoms with E-state index in [0.717, 1.165) is 32.5 Å². The van der Waals surface area contributed by atoms with E-state index in [1.54, 1.807) is 25.1 Å². The highest BCUT2D eigenvalue weighted by atomic mass is 35.5. The highest BCUT2D eigenvalue weighted by molar-refractivity contribution is 6.43. The van der Waals surface area contributed by atoms with Crippen LogP contribution in [0.5, 0.6) is 0 Å². The molecule has 132 valence electrons. The fourth-order valence-corrected chi connectivity index (χ4v) is 3.40. The number of carbonyl (C=O) groups excluding carboxylic acids is 2. The third-order valence-corrected chi connectivity index (χ3v) is 5.06. The van der Waals surface area contributed by atoms with Crippen LogP contribution < -0.4 is 10.6 Å². The summed E-state index contributed by atoms with van der Waals surface area (Å²) in [7, 11) is 1.92. The summed E-state index contributed by atoms with van der Waals surface area (Å²) in [5.74, 6) is -0.00702. The van der Waals surface area contributed by atoms with Crippen LogP contribution in [0.25, 0.3) is 0 Å². The van der Waals surface area contributed by atoms with Crippen molar-refractivity contribution in [3.05, 3.63) is 33.8 Å². The van der Waals surface area contributed by atoms with E-state index in [4.69, 9.17) is 23.2 Å². The summed E-state index contributed by atoms with van der Waals surface area (Å²) in [6, 6.07) is 4.25. The molecule has 5 nitrogen and oxygen atoms in total. The van der Waals surface area contributed by atoms with Crippen LogP contribution in [-0.4, -0.2) is 49.4 Å². The van der Waals surface area contributed by atoms with Crippen LogP contribution in [0.15, 0.2) is 18.2 Å². The minimum atomic E-state index is -0.610. The normalized spacial score (nSPS) is 19.0. The van der Waals surface area contributed by atoms with E-state index in [9.17, 15) is 9.59 Å². The molecule has 0 aliphatic carbocycles. The molecule has 2 rings (SSSR count). The third kappa shape index (κ3) is 4.62. The van der Waals surface area contributed by atoms with E-state index >= 15 is 0 Å². The molecule has 0 radical (unpaired) electrons. The van der Waals surface area contributed by atoms with Crippen LogP contribution >= 0.6 is 23.2 Å². The number of amides is 2. The molecule has 0 saturated carbocycles. The van der Waals surface area contributed by atoms with E-state index in [1.807, 2.05) is 11.9 Å². The smallest absolute Gasteiger partial charge is 0.253 e. The van der Waals surface area contributed by atoms with Gasteiger partial charge in [0.25, 0.3) is 5.91 Å². The maximum absolute atomic E-state index is 12.6. The summed E-state index contributed by atoms with van der Waals surface area (Å²) < 4.78 is 0. The zero-order chi connectivity index (χ0) is 17.7. The lowest BCUT2D eigenvalue weighted by molar-refractivity contribution is -0.134. The van der Waals surface area contributed by atoms with Gasteiger partial charge in [0.05, 0.1) is 15.6 Å². The van der Waals surface area contributed by atoms with Gasteiger partial charge in [0.2, 0.25) is 5.91 Å². The standard InChI is InChI=1S/C17H23Cl2N3O2/c1-11(17(24)22-8-4-5-12(10-22)9-20-2)21-16(23)13-6-3-7-14(18)15(13)19/h3,6-7,11-12,20H,4-5,8-10H2,1-2H3,(H,21,23). The first kappa shape index (κ1) is 19.0. The molecule has 1 aliphatic heterocycles. The van der Waals surface area contributed by atoms with Crippen molar-refractivity contribution in [2.45, 2.75) is 25.8 Å². The zero-order valence-electron chi connectivity index (χ0n) is 13.9. The molecule has 1 aliphatic rings. The Morgan fingerprint density at radius 3 is 2.83 bits per heavy atom. The molecule has 1 aromatic rings. The summed E-state index contributed by atoms with van der Waals surface area (Å²) in [5, 5.41) is 6.39. The molecule has 7 heteroatoms. The third-order valence-electron chi connectivity index (χ3n) is 4.24. The first-order valence-electron chi connectivity index (χ1n) is 8.12. The number of hydrogen-bond acceptors (Lipinski definition) is 3. The van der Waals surface area contributed by atoms with Crippen molar-refractivity contribution in [2.75, 3.05) is 26.7 Å². The lowest BCUT2D eigenvalue weighted by atomic mass is 9.97. The molecule has 1 fully saturated rings. The summed E-state index contributed by atoms with van der Waals surface area (Å²) in [6.45, 7) is 4.04. The number of nitrogens with one attached hydrogen (secondary N) is 2. The minimum absolute atomic E-state index is 0.0673. The number of hydrogen-bond donors (Lipinski definition) is 2. The van der Waals surface area contributed by atoms with Crippen LogP contribution in [0, 0.1) is 5.92 Å². The number of likely N-dealkylation sites (tertiary alicyclic amines) is 1. The summed E-state index contributed by atoms with van der Waals surface area (Å²) in [4.78, 5) is 26.8. The first-order chi connectivity index (χ1) is 11.4. The molecular weight excluding hydrogens is 349 g/mol. The second kappa shape index (κ2) is 8.70. The lowest BCUT2D eigenvalue weighted by Crippen LogP contribution is -2.50. The Morgan fingerprint density at radius 2 is 2.12 bits per heavy atom. The predicted octanol–water partition coefficient (Wildman–Crippen LogP) is 2.57. The number of piperidine rings is 1. The van der Waals surface area contributed by atoms with Crippen molar-refractivity contribution in [1.29, 1.82) is 0 Å². The fraction of sp³-hybridized carbons (Fsp3) is 0.529. The molecule has 24 heavy (non-hydrogen) atoms. The van der Waals surface area contributed by atoms with E-state index in [0.29, 0.717) is 10.9 Å². The molecular formula is C17H23Cl2N3O2. The first-order valence-corrected chi connectivity index (χ1v) is 8.88. The largest absolute Gasteiger partial charge is 0.341 e. The van der Waals surface area contributed by atoms with Crippen molar-refractivity contribution >= 4 is 35.0 Å². The van der Waals surface area contributed by atoms with Crippen molar-refractivity contribution in [3.63, 3.8) is 0 Å². The van der Waals surface area contributed by atoms with Gasteiger partial charge in [-0.25, -0.2) is 0 Å². The number of benzene rings is 1. The molecule has 1 aromatic carbocycles. The maximum Gasteiger partial charge on any atom is 0.253 e. The molecule has 0 spiro atoms. The van der Waals surface area contributed by atoms with Crippen LogP contribution in [0.3, 0.4) is 0 Å². The summed E-state index contributed by atoms with van der Waals surface area (Å²) in [6.07, 6.45) is 2.10.